The zero-order chi connectivity index (χ0) is 14.8. The Morgan fingerprint density at radius 1 is 1.00 bits per heavy atom. The highest BCUT2D eigenvalue weighted by atomic mass is 16.6. The van der Waals surface area contributed by atoms with Crippen molar-refractivity contribution in [3.8, 4) is 6.07 Å². The first-order chi connectivity index (χ1) is 10.2. The summed E-state index contributed by atoms with van der Waals surface area (Å²) >= 11 is 0. The van der Waals surface area contributed by atoms with Gasteiger partial charge in [0.2, 0.25) is 5.96 Å². The lowest BCUT2D eigenvalue weighted by atomic mass is 10.2. The summed E-state index contributed by atoms with van der Waals surface area (Å²) in [5.74, 6) is -0.131. The molecule has 0 saturated carbocycles. The molecule has 1 heterocycles. The minimum Gasteiger partial charge on any atom is -0.752 e. The average Bonchev–Trinajstić information content (AvgIpc) is 2.53. The number of nitrogens with one attached hydrogen (secondary N) is 1. The predicted molar refractivity (Wildman–Crippen MR) is 79.5 cm³/mol. The molecule has 0 fully saturated rings. The van der Waals surface area contributed by atoms with Crippen LogP contribution < -0.4 is 15.7 Å². The van der Waals surface area contributed by atoms with Gasteiger partial charge in [0, 0.05) is 0 Å². The zero-order valence-corrected chi connectivity index (χ0v) is 10.7. The molecule has 0 aromatic heterocycles. The molecule has 1 aliphatic rings. The van der Waals surface area contributed by atoms with Crippen LogP contribution in [0.5, 0.6) is 0 Å². The number of hydrogen-bond donors (Lipinski definition) is 1. The molecule has 7 nitrogen and oxygen atoms in total. The summed E-state index contributed by atoms with van der Waals surface area (Å²) in [5.41, 5.74) is 3.78. The van der Waals surface area contributed by atoms with Gasteiger partial charge in [0.25, 0.3) is 0 Å². The van der Waals surface area contributed by atoms with E-state index < -0.39 is 0 Å². The Hall–Kier alpha value is -3.08. The Kier molecular flexibility index (Phi) is 3.16. The summed E-state index contributed by atoms with van der Waals surface area (Å²) in [6, 6.07) is 14.8. The third-order valence-electron chi connectivity index (χ3n) is 2.94. The van der Waals surface area contributed by atoms with Crippen molar-refractivity contribution >= 4 is 23.0 Å². The largest absolute Gasteiger partial charge is 0.752 e. The van der Waals surface area contributed by atoms with E-state index in [1.807, 2.05) is 6.07 Å². The van der Waals surface area contributed by atoms with Gasteiger partial charge >= 0.3 is 0 Å². The second-order valence-corrected chi connectivity index (χ2v) is 4.28. The first kappa shape index (κ1) is 12.9. The Bertz CT molecular complexity index is 736. The number of hydroxylamine groups is 1. The van der Waals surface area contributed by atoms with Crippen molar-refractivity contribution in [3.05, 3.63) is 64.5 Å². The normalized spacial score (nSPS) is 15.4. The third kappa shape index (κ3) is 2.36. The van der Waals surface area contributed by atoms with Crippen molar-refractivity contribution in [2.24, 2.45) is 4.99 Å². The molecule has 0 aliphatic carbocycles. The molecule has 2 aromatic carbocycles. The molecule has 2 aromatic rings. The van der Waals surface area contributed by atoms with Crippen LogP contribution in [0, 0.1) is 21.7 Å². The fourth-order valence-electron chi connectivity index (χ4n) is 1.92. The molecule has 7 heteroatoms. The van der Waals surface area contributed by atoms with Crippen LogP contribution in [0.1, 0.15) is 5.56 Å². The maximum absolute atomic E-state index is 12.2. The van der Waals surface area contributed by atoms with Gasteiger partial charge in [0.15, 0.2) is 0 Å². The van der Waals surface area contributed by atoms with Gasteiger partial charge in [-0.2, -0.15) is 5.26 Å². The van der Waals surface area contributed by atoms with Crippen LogP contribution in [-0.4, -0.2) is 5.96 Å². The molecule has 0 atom stereocenters. The van der Waals surface area contributed by atoms with Crippen LogP contribution in [0.15, 0.2) is 53.5 Å². The van der Waals surface area contributed by atoms with E-state index in [1.165, 1.54) is 0 Å². The van der Waals surface area contributed by atoms with Crippen molar-refractivity contribution in [1.82, 2.24) is 5.43 Å². The number of hydrogen-bond acceptors (Lipinski definition) is 5. The maximum atomic E-state index is 12.2. The molecular formula is C14H9N5O2-2. The number of para-hydroxylation sites is 2. The molecule has 0 saturated heterocycles. The zero-order valence-electron chi connectivity index (χ0n) is 10.7. The summed E-state index contributed by atoms with van der Waals surface area (Å²) in [7, 11) is 0. The molecule has 3 rings (SSSR count). The molecule has 1 aliphatic heterocycles. The lowest BCUT2D eigenvalue weighted by molar-refractivity contribution is 0.884. The van der Waals surface area contributed by atoms with Crippen LogP contribution in [0.2, 0.25) is 0 Å². The first-order valence-electron chi connectivity index (χ1n) is 6.08. The van der Waals surface area contributed by atoms with Crippen molar-refractivity contribution in [3.63, 3.8) is 0 Å². The number of aliphatic imine (C=N–C) groups is 1. The van der Waals surface area contributed by atoms with Gasteiger partial charge in [0.1, 0.15) is 0 Å². The number of fused-ring (bicyclic) bond motifs is 1. The molecule has 0 spiro atoms. The van der Waals surface area contributed by atoms with Crippen molar-refractivity contribution in [2.75, 3.05) is 10.2 Å². The van der Waals surface area contributed by atoms with E-state index in [0.717, 1.165) is 0 Å². The van der Waals surface area contributed by atoms with E-state index in [-0.39, 0.29) is 17.3 Å². The van der Waals surface area contributed by atoms with Crippen LogP contribution in [0.3, 0.4) is 0 Å². The van der Waals surface area contributed by atoms with E-state index in [0.29, 0.717) is 21.5 Å². The SMILES string of the molecule is N#Cc1ccc(N=C2NN([O-])c3ccccc3N2[O-])cc1. The summed E-state index contributed by atoms with van der Waals surface area (Å²) in [4.78, 5) is 4.09. The van der Waals surface area contributed by atoms with E-state index in [4.69, 9.17) is 5.26 Å². The Morgan fingerprint density at radius 3 is 2.33 bits per heavy atom. The smallest absolute Gasteiger partial charge is 0.211 e. The number of nitrogens with zero attached hydrogens (tertiary/aromatic N) is 4. The fourth-order valence-corrected chi connectivity index (χ4v) is 1.92. The van der Waals surface area contributed by atoms with E-state index in [2.05, 4.69) is 10.4 Å². The van der Waals surface area contributed by atoms with Gasteiger partial charge in [-0.05, 0) is 36.4 Å². The Morgan fingerprint density at radius 2 is 1.67 bits per heavy atom. The topological polar surface area (TPSA) is 101 Å². The molecule has 0 bridgehead atoms. The van der Waals surface area contributed by atoms with Crippen molar-refractivity contribution in [1.29, 1.82) is 5.26 Å². The van der Waals surface area contributed by atoms with E-state index in [9.17, 15) is 10.4 Å². The molecule has 0 unspecified atom stereocenters. The Balaban J connectivity index is 1.96. The summed E-state index contributed by atoms with van der Waals surface area (Å²) in [6.07, 6.45) is 0. The predicted octanol–water partition coefficient (Wildman–Crippen LogP) is 2.37. The van der Waals surface area contributed by atoms with Crippen LogP contribution in [-0.2, 0) is 0 Å². The van der Waals surface area contributed by atoms with Gasteiger partial charge in [-0.1, -0.05) is 12.1 Å². The number of nitriles is 1. The molecule has 21 heavy (non-hydrogen) atoms. The number of anilines is 2. The standard InChI is InChI=1S/C14H9N5O2/c15-9-10-5-7-11(8-6-10)16-14-17-19(21)13-4-2-1-3-12(13)18(14)20/h1-8H,(H,16,17)/q-2. The minimum atomic E-state index is -0.131. The van der Waals surface area contributed by atoms with Crippen LogP contribution in [0.4, 0.5) is 17.1 Å². The Labute approximate surface area is 120 Å². The third-order valence-corrected chi connectivity index (χ3v) is 2.94. The summed E-state index contributed by atoms with van der Waals surface area (Å²) < 4.78 is 0. The highest BCUT2D eigenvalue weighted by Gasteiger charge is 2.16. The van der Waals surface area contributed by atoms with Gasteiger partial charge in [-0.25, -0.2) is 4.99 Å². The maximum Gasteiger partial charge on any atom is 0.211 e. The molecule has 0 amide bonds. The second kappa shape index (κ2) is 5.13. The van der Waals surface area contributed by atoms with Crippen LogP contribution in [0.25, 0.3) is 0 Å². The van der Waals surface area contributed by atoms with Gasteiger partial charge in [0.05, 0.1) is 28.7 Å². The fraction of sp³-hybridized carbons (Fsp3) is 0. The van der Waals surface area contributed by atoms with Gasteiger partial charge < -0.3 is 20.6 Å². The average molecular weight is 279 g/mol. The molecular weight excluding hydrogens is 270 g/mol. The number of benzene rings is 2. The quantitative estimate of drug-likeness (QED) is 0.860. The minimum absolute atomic E-state index is 0.131. The van der Waals surface area contributed by atoms with Gasteiger partial charge in [-0.3, -0.25) is 5.43 Å². The van der Waals surface area contributed by atoms with Crippen molar-refractivity contribution < 1.29 is 0 Å². The number of hydrazine groups is 1. The monoisotopic (exact) mass is 279 g/mol. The lowest BCUT2D eigenvalue weighted by Gasteiger charge is -2.46. The highest BCUT2D eigenvalue weighted by molar-refractivity contribution is 6.04. The van der Waals surface area contributed by atoms with E-state index >= 15 is 0 Å². The molecule has 104 valence electrons. The summed E-state index contributed by atoms with van der Waals surface area (Å²) in [5, 5.41) is 33.8. The van der Waals surface area contributed by atoms with Crippen molar-refractivity contribution in [2.45, 2.75) is 0 Å². The number of guanidine groups is 1. The summed E-state index contributed by atoms with van der Waals surface area (Å²) in [6.45, 7) is 0. The van der Waals surface area contributed by atoms with Gasteiger partial charge in [-0.15, -0.1) is 0 Å². The second-order valence-electron chi connectivity index (χ2n) is 4.28. The lowest BCUT2D eigenvalue weighted by Crippen LogP contribution is -2.50. The van der Waals surface area contributed by atoms with E-state index in [1.54, 1.807) is 48.5 Å². The number of rotatable bonds is 1. The van der Waals surface area contributed by atoms with Crippen LogP contribution >= 0.6 is 0 Å². The molecule has 1 N–H and O–H groups in total. The highest BCUT2D eigenvalue weighted by Crippen LogP contribution is 2.31. The molecule has 0 radical (unpaired) electrons. The first-order valence-corrected chi connectivity index (χ1v) is 6.08.